The predicted octanol–water partition coefficient (Wildman–Crippen LogP) is 7.24. The summed E-state index contributed by atoms with van der Waals surface area (Å²) in [6.45, 7) is 9.57. The Hall–Kier alpha value is -3.21. The van der Waals surface area contributed by atoms with Crippen LogP contribution in [0.3, 0.4) is 0 Å². The zero-order valence-electron chi connectivity index (χ0n) is 22.2. The zero-order valence-corrected chi connectivity index (χ0v) is 23.8. The van der Waals surface area contributed by atoms with Crippen molar-refractivity contribution in [3.05, 3.63) is 62.9 Å². The first-order valence-corrected chi connectivity index (χ1v) is 13.9. The van der Waals surface area contributed by atoms with E-state index in [1.807, 2.05) is 19.1 Å². The molecule has 0 radical (unpaired) electrons. The molecule has 4 rings (SSSR count). The van der Waals surface area contributed by atoms with Gasteiger partial charge in [-0.3, -0.25) is 4.79 Å². The Balaban J connectivity index is 1.67. The standard InChI is InChI=1S/C30H33ClN2O4S/c1-6-12-37-27-23(31)14-19(15-24(27)35-7-2)17-33-29-26(28(34)32-18-21-9-8-13-36-21)22-11-10-20(30(3,4)5)16-25(22)38-29/h1,8-9,13-15,17,20H,7,10-12,16,18H2,2-5H3,(H,32,34)/t20-/m1/s1. The molecule has 38 heavy (non-hydrogen) atoms. The molecular weight excluding hydrogens is 520 g/mol. The van der Waals surface area contributed by atoms with Crippen molar-refractivity contribution in [3.8, 4) is 23.8 Å². The van der Waals surface area contributed by atoms with Crippen LogP contribution in [0.4, 0.5) is 5.00 Å². The Morgan fingerprint density at radius 2 is 2.18 bits per heavy atom. The monoisotopic (exact) mass is 552 g/mol. The first-order chi connectivity index (χ1) is 18.2. The molecule has 1 aliphatic carbocycles. The van der Waals surface area contributed by atoms with Gasteiger partial charge in [0.25, 0.3) is 5.91 Å². The lowest BCUT2D eigenvalue weighted by Crippen LogP contribution is -2.28. The number of hydrogen-bond acceptors (Lipinski definition) is 6. The molecule has 0 spiro atoms. The van der Waals surface area contributed by atoms with Crippen molar-refractivity contribution in [1.82, 2.24) is 5.32 Å². The minimum Gasteiger partial charge on any atom is -0.490 e. The van der Waals surface area contributed by atoms with Crippen molar-refractivity contribution in [2.24, 2.45) is 16.3 Å². The first-order valence-electron chi connectivity index (χ1n) is 12.7. The number of amides is 1. The van der Waals surface area contributed by atoms with E-state index in [1.54, 1.807) is 35.9 Å². The SMILES string of the molecule is C#CCOc1c(Cl)cc(C=Nc2sc3c(c2C(=O)NCc2ccco2)CC[C@@H](C(C)(C)C)C3)cc1OCC. The van der Waals surface area contributed by atoms with Crippen molar-refractivity contribution >= 4 is 40.1 Å². The second-order valence-electron chi connectivity index (χ2n) is 10.3. The minimum absolute atomic E-state index is 0.0833. The average molecular weight is 553 g/mol. The quantitative estimate of drug-likeness (QED) is 0.224. The highest BCUT2D eigenvalue weighted by Crippen LogP contribution is 2.45. The number of terminal acetylenes is 1. The van der Waals surface area contributed by atoms with E-state index in [2.05, 4.69) is 32.0 Å². The van der Waals surface area contributed by atoms with Gasteiger partial charge in [-0.25, -0.2) is 4.99 Å². The maximum Gasteiger partial charge on any atom is 0.255 e. The fraction of sp³-hybridized carbons (Fsp3) is 0.400. The van der Waals surface area contributed by atoms with Gasteiger partial charge in [-0.15, -0.1) is 17.8 Å². The van der Waals surface area contributed by atoms with Gasteiger partial charge in [0.15, 0.2) is 11.5 Å². The molecule has 3 aromatic rings. The Labute approximate surface area is 233 Å². The van der Waals surface area contributed by atoms with Crippen LogP contribution in [-0.2, 0) is 19.4 Å². The number of nitrogens with zero attached hydrogens (tertiary/aromatic N) is 1. The van der Waals surface area contributed by atoms with Gasteiger partial charge in [0.1, 0.15) is 17.4 Å². The second kappa shape index (κ2) is 12.1. The molecule has 0 saturated carbocycles. The summed E-state index contributed by atoms with van der Waals surface area (Å²) >= 11 is 8.09. The molecule has 8 heteroatoms. The molecule has 0 saturated heterocycles. The largest absolute Gasteiger partial charge is 0.490 e. The number of fused-ring (bicyclic) bond motifs is 1. The van der Waals surface area contributed by atoms with E-state index in [4.69, 9.17) is 36.9 Å². The Bertz CT molecular complexity index is 1350. The number of halogens is 1. The number of rotatable bonds is 9. The highest BCUT2D eigenvalue weighted by Gasteiger charge is 2.33. The summed E-state index contributed by atoms with van der Waals surface area (Å²) in [5.74, 6) is 4.44. The molecule has 2 heterocycles. The number of benzene rings is 1. The van der Waals surface area contributed by atoms with E-state index >= 15 is 0 Å². The topological polar surface area (TPSA) is 73.1 Å². The summed E-state index contributed by atoms with van der Waals surface area (Å²) in [4.78, 5) is 19.5. The normalized spacial score (nSPS) is 15.2. The molecule has 1 amide bonds. The van der Waals surface area contributed by atoms with Crippen LogP contribution in [-0.4, -0.2) is 25.3 Å². The lowest BCUT2D eigenvalue weighted by molar-refractivity contribution is 0.0947. The van der Waals surface area contributed by atoms with Gasteiger partial charge in [0, 0.05) is 11.1 Å². The third-order valence-corrected chi connectivity index (χ3v) is 8.11. The number of aliphatic imine (C=N–C) groups is 1. The van der Waals surface area contributed by atoms with E-state index < -0.39 is 0 Å². The number of ether oxygens (including phenoxy) is 2. The molecule has 0 aliphatic heterocycles. The molecule has 1 N–H and O–H groups in total. The van der Waals surface area contributed by atoms with Gasteiger partial charge in [0.05, 0.1) is 30.0 Å². The second-order valence-corrected chi connectivity index (χ2v) is 11.8. The number of nitrogens with one attached hydrogen (secondary N) is 1. The van der Waals surface area contributed by atoms with Gasteiger partial charge in [0.2, 0.25) is 0 Å². The number of thiophene rings is 1. The fourth-order valence-corrected chi connectivity index (χ4v) is 6.16. The molecule has 0 unspecified atom stereocenters. The maximum absolute atomic E-state index is 13.4. The third kappa shape index (κ3) is 6.43. The Morgan fingerprint density at radius 3 is 2.87 bits per heavy atom. The lowest BCUT2D eigenvalue weighted by Gasteiger charge is -2.33. The molecule has 1 atom stereocenters. The summed E-state index contributed by atoms with van der Waals surface area (Å²) in [5, 5.41) is 4.07. The summed E-state index contributed by atoms with van der Waals surface area (Å²) < 4.78 is 16.7. The minimum atomic E-state index is -0.147. The molecule has 0 bridgehead atoms. The van der Waals surface area contributed by atoms with Gasteiger partial charge in [-0.05, 0) is 72.9 Å². The van der Waals surface area contributed by atoms with Crippen LogP contribution < -0.4 is 14.8 Å². The molecular formula is C30H33ClN2O4S. The number of carbonyl (C=O) groups is 1. The lowest BCUT2D eigenvalue weighted by atomic mass is 9.72. The van der Waals surface area contributed by atoms with E-state index in [0.29, 0.717) is 51.9 Å². The maximum atomic E-state index is 13.4. The van der Waals surface area contributed by atoms with Crippen LogP contribution in [0.2, 0.25) is 5.02 Å². The summed E-state index contributed by atoms with van der Waals surface area (Å²) in [5.41, 5.74) is 2.67. The summed E-state index contributed by atoms with van der Waals surface area (Å²) in [7, 11) is 0. The molecule has 6 nitrogen and oxygen atoms in total. The van der Waals surface area contributed by atoms with Crippen LogP contribution in [0.25, 0.3) is 0 Å². The number of hydrogen-bond donors (Lipinski definition) is 1. The number of carbonyl (C=O) groups excluding carboxylic acids is 1. The van der Waals surface area contributed by atoms with Gasteiger partial charge in [-0.1, -0.05) is 38.3 Å². The van der Waals surface area contributed by atoms with E-state index in [1.165, 1.54) is 4.88 Å². The summed E-state index contributed by atoms with van der Waals surface area (Å²) in [6, 6.07) is 7.21. The molecule has 1 aromatic carbocycles. The third-order valence-electron chi connectivity index (χ3n) is 6.66. The van der Waals surface area contributed by atoms with Gasteiger partial charge in [-0.2, -0.15) is 0 Å². The molecule has 200 valence electrons. The van der Waals surface area contributed by atoms with E-state index in [0.717, 1.165) is 30.4 Å². The molecule has 2 aromatic heterocycles. The van der Waals surface area contributed by atoms with Crippen molar-refractivity contribution in [2.45, 2.75) is 53.5 Å². The molecule has 0 fully saturated rings. The van der Waals surface area contributed by atoms with E-state index in [9.17, 15) is 4.79 Å². The average Bonchev–Trinajstić information content (AvgIpc) is 3.52. The van der Waals surface area contributed by atoms with E-state index in [-0.39, 0.29) is 17.9 Å². The van der Waals surface area contributed by atoms with Gasteiger partial charge >= 0.3 is 0 Å². The van der Waals surface area contributed by atoms with Crippen molar-refractivity contribution in [1.29, 1.82) is 0 Å². The van der Waals surface area contributed by atoms with Gasteiger partial charge < -0.3 is 19.2 Å². The highest BCUT2D eigenvalue weighted by molar-refractivity contribution is 7.16. The van der Waals surface area contributed by atoms with Crippen molar-refractivity contribution in [3.63, 3.8) is 0 Å². The predicted molar refractivity (Wildman–Crippen MR) is 153 cm³/mol. The van der Waals surface area contributed by atoms with Crippen LogP contribution in [0.1, 0.15) is 66.2 Å². The van der Waals surface area contributed by atoms with Crippen molar-refractivity contribution < 1.29 is 18.7 Å². The van der Waals surface area contributed by atoms with Crippen LogP contribution >= 0.6 is 22.9 Å². The highest BCUT2D eigenvalue weighted by atomic mass is 35.5. The Kier molecular flexibility index (Phi) is 8.86. The molecule has 1 aliphatic rings. The van der Waals surface area contributed by atoms with Crippen LogP contribution in [0.5, 0.6) is 11.5 Å². The smallest absolute Gasteiger partial charge is 0.255 e. The Morgan fingerprint density at radius 1 is 1.37 bits per heavy atom. The fourth-order valence-electron chi connectivity index (χ4n) is 4.62. The van der Waals surface area contributed by atoms with Crippen molar-refractivity contribution in [2.75, 3.05) is 13.2 Å². The van der Waals surface area contributed by atoms with Crippen LogP contribution in [0.15, 0.2) is 39.9 Å². The van der Waals surface area contributed by atoms with Crippen LogP contribution in [0, 0.1) is 23.7 Å². The number of furan rings is 1. The zero-order chi connectivity index (χ0) is 27.3. The summed E-state index contributed by atoms with van der Waals surface area (Å²) in [6.07, 6.45) is 11.5. The first kappa shape index (κ1) is 27.8.